The smallest absolute Gasteiger partial charge is 0.0489 e. The van der Waals surface area contributed by atoms with Gasteiger partial charge in [-0.05, 0) is 46.3 Å². The Labute approximate surface area is 131 Å². The molecule has 0 aromatic carbocycles. The van der Waals surface area contributed by atoms with Gasteiger partial charge in [0.1, 0.15) is 0 Å². The molecule has 0 bridgehead atoms. The molecule has 1 aromatic heterocycles. The number of hydrogen-bond acceptors (Lipinski definition) is 3. The lowest BCUT2D eigenvalue weighted by Crippen LogP contribution is -2.42. The van der Waals surface area contributed by atoms with Gasteiger partial charge in [-0.3, -0.25) is 9.88 Å². The maximum Gasteiger partial charge on any atom is 0.0489 e. The Morgan fingerprint density at radius 3 is 2.60 bits per heavy atom. The van der Waals surface area contributed by atoms with Crippen molar-refractivity contribution in [2.24, 2.45) is 11.7 Å². The van der Waals surface area contributed by atoms with Crippen LogP contribution in [0.3, 0.4) is 0 Å². The fraction of sp³-hybridized carbons (Fsp3) is 0.688. The monoisotopic (exact) mass is 339 g/mol. The molecule has 1 fully saturated rings. The first-order chi connectivity index (χ1) is 9.61. The van der Waals surface area contributed by atoms with E-state index in [0.29, 0.717) is 18.5 Å². The molecule has 20 heavy (non-hydrogen) atoms. The summed E-state index contributed by atoms with van der Waals surface area (Å²) >= 11 is 3.52. The maximum atomic E-state index is 6.11. The van der Waals surface area contributed by atoms with Crippen molar-refractivity contribution in [1.29, 1.82) is 0 Å². The molecule has 3 nitrogen and oxygen atoms in total. The summed E-state index contributed by atoms with van der Waals surface area (Å²) in [6, 6.07) is 3.13. The predicted molar refractivity (Wildman–Crippen MR) is 87.5 cm³/mol. The zero-order valence-corrected chi connectivity index (χ0v) is 14.1. The van der Waals surface area contributed by atoms with Crippen LogP contribution in [0.2, 0.25) is 0 Å². The van der Waals surface area contributed by atoms with Crippen molar-refractivity contribution in [3.05, 3.63) is 28.5 Å². The van der Waals surface area contributed by atoms with E-state index in [0.717, 1.165) is 11.0 Å². The minimum Gasteiger partial charge on any atom is -0.329 e. The minimum atomic E-state index is 0.283. The molecule has 1 saturated carbocycles. The van der Waals surface area contributed by atoms with Gasteiger partial charge in [-0.2, -0.15) is 0 Å². The molecule has 0 radical (unpaired) electrons. The third-order valence-corrected chi connectivity index (χ3v) is 4.54. The average molecular weight is 340 g/mol. The molecule has 0 saturated heterocycles. The highest BCUT2D eigenvalue weighted by atomic mass is 79.9. The summed E-state index contributed by atoms with van der Waals surface area (Å²) in [4.78, 5) is 6.94. The zero-order valence-electron chi connectivity index (χ0n) is 12.6. The summed E-state index contributed by atoms with van der Waals surface area (Å²) in [5.74, 6) is 0.657. The van der Waals surface area contributed by atoms with Gasteiger partial charge in [0.15, 0.2) is 0 Å². The number of halogens is 1. The molecule has 1 aliphatic carbocycles. The van der Waals surface area contributed by atoms with Gasteiger partial charge >= 0.3 is 0 Å². The molecule has 2 rings (SSSR count). The van der Waals surface area contributed by atoms with Gasteiger partial charge < -0.3 is 5.73 Å². The Balaban J connectivity index is 2.23. The van der Waals surface area contributed by atoms with Crippen molar-refractivity contribution in [3.63, 3.8) is 0 Å². The molecular weight excluding hydrogens is 314 g/mol. The number of aromatic nitrogens is 1. The van der Waals surface area contributed by atoms with Crippen LogP contribution in [0.1, 0.15) is 51.1 Å². The molecule has 0 aliphatic heterocycles. The van der Waals surface area contributed by atoms with Gasteiger partial charge in [0.05, 0.1) is 0 Å². The quantitative estimate of drug-likeness (QED) is 0.858. The van der Waals surface area contributed by atoms with E-state index in [1.165, 1.54) is 31.2 Å². The van der Waals surface area contributed by atoms with E-state index in [4.69, 9.17) is 5.73 Å². The molecule has 1 aliphatic rings. The third-order valence-electron chi connectivity index (χ3n) is 4.10. The second-order valence-corrected chi connectivity index (χ2v) is 7.13. The largest absolute Gasteiger partial charge is 0.329 e. The Hall–Kier alpha value is -0.450. The second kappa shape index (κ2) is 7.53. The number of nitrogens with zero attached hydrogens (tertiary/aromatic N) is 2. The number of nitrogens with two attached hydrogens (primary N) is 1. The maximum absolute atomic E-state index is 6.11. The van der Waals surface area contributed by atoms with E-state index >= 15 is 0 Å². The summed E-state index contributed by atoms with van der Waals surface area (Å²) in [7, 11) is 0. The van der Waals surface area contributed by atoms with Crippen LogP contribution < -0.4 is 5.73 Å². The standard InChI is InChI=1S/C16H26BrN3/c1-12(2)11-20(15-5-3-4-6-15)16(8-18)13-7-14(17)10-19-9-13/h7,9-10,12,15-16H,3-6,8,11,18H2,1-2H3. The zero-order chi connectivity index (χ0) is 14.5. The molecule has 1 atom stereocenters. The first kappa shape index (κ1) is 15.9. The molecule has 1 heterocycles. The Morgan fingerprint density at radius 1 is 1.35 bits per heavy atom. The van der Waals surface area contributed by atoms with E-state index in [1.54, 1.807) is 0 Å². The SMILES string of the molecule is CC(C)CN(C1CCCC1)C(CN)c1cncc(Br)c1. The summed E-state index contributed by atoms with van der Waals surface area (Å²) in [5.41, 5.74) is 7.35. The predicted octanol–water partition coefficient (Wildman–Crippen LogP) is 3.74. The van der Waals surface area contributed by atoms with E-state index in [1.807, 2.05) is 12.4 Å². The minimum absolute atomic E-state index is 0.283. The fourth-order valence-electron chi connectivity index (χ4n) is 3.26. The third kappa shape index (κ3) is 4.03. The topological polar surface area (TPSA) is 42.1 Å². The summed E-state index contributed by atoms with van der Waals surface area (Å²) in [6.07, 6.45) is 9.12. The number of pyridine rings is 1. The molecule has 4 heteroatoms. The Bertz CT molecular complexity index is 416. The average Bonchev–Trinajstić information content (AvgIpc) is 2.92. The lowest BCUT2D eigenvalue weighted by molar-refractivity contribution is 0.121. The second-order valence-electron chi connectivity index (χ2n) is 6.22. The highest BCUT2D eigenvalue weighted by molar-refractivity contribution is 9.10. The number of hydrogen-bond donors (Lipinski definition) is 1. The van der Waals surface area contributed by atoms with Gasteiger partial charge in [-0.25, -0.2) is 0 Å². The summed E-state index contributed by atoms with van der Waals surface area (Å²) < 4.78 is 1.03. The molecule has 0 amide bonds. The number of rotatable bonds is 6. The first-order valence-electron chi connectivity index (χ1n) is 7.68. The van der Waals surface area contributed by atoms with Crippen LogP contribution in [0.25, 0.3) is 0 Å². The van der Waals surface area contributed by atoms with Crippen molar-refractivity contribution in [2.45, 2.75) is 51.6 Å². The van der Waals surface area contributed by atoms with Crippen molar-refractivity contribution < 1.29 is 0 Å². The van der Waals surface area contributed by atoms with Crippen molar-refractivity contribution in [2.75, 3.05) is 13.1 Å². The van der Waals surface area contributed by atoms with E-state index in [2.05, 4.69) is 45.7 Å². The van der Waals surface area contributed by atoms with Crippen LogP contribution in [-0.4, -0.2) is 29.0 Å². The summed E-state index contributed by atoms with van der Waals surface area (Å²) in [5, 5.41) is 0. The van der Waals surface area contributed by atoms with Crippen LogP contribution in [0.4, 0.5) is 0 Å². The first-order valence-corrected chi connectivity index (χ1v) is 8.47. The van der Waals surface area contributed by atoms with Crippen molar-refractivity contribution in [1.82, 2.24) is 9.88 Å². The lowest BCUT2D eigenvalue weighted by atomic mass is 10.0. The molecule has 2 N–H and O–H groups in total. The van der Waals surface area contributed by atoms with Crippen LogP contribution >= 0.6 is 15.9 Å². The lowest BCUT2D eigenvalue weighted by Gasteiger charge is -2.37. The molecule has 0 spiro atoms. The van der Waals surface area contributed by atoms with Gasteiger partial charge in [0.2, 0.25) is 0 Å². The summed E-state index contributed by atoms with van der Waals surface area (Å²) in [6.45, 7) is 6.34. The van der Waals surface area contributed by atoms with Crippen molar-refractivity contribution in [3.8, 4) is 0 Å². The highest BCUT2D eigenvalue weighted by Gasteiger charge is 2.29. The Morgan fingerprint density at radius 2 is 2.05 bits per heavy atom. The van der Waals surface area contributed by atoms with E-state index in [9.17, 15) is 0 Å². The molecule has 112 valence electrons. The Kier molecular flexibility index (Phi) is 6.00. The molecule has 1 unspecified atom stereocenters. The van der Waals surface area contributed by atoms with Gasteiger partial charge in [0.25, 0.3) is 0 Å². The van der Waals surface area contributed by atoms with Gasteiger partial charge in [-0.15, -0.1) is 0 Å². The fourth-order valence-corrected chi connectivity index (χ4v) is 3.64. The molecular formula is C16H26BrN3. The highest BCUT2D eigenvalue weighted by Crippen LogP contribution is 2.32. The van der Waals surface area contributed by atoms with Crippen LogP contribution in [0, 0.1) is 5.92 Å². The van der Waals surface area contributed by atoms with Gasteiger partial charge in [0, 0.05) is 42.0 Å². The van der Waals surface area contributed by atoms with Crippen LogP contribution in [0.5, 0.6) is 0 Å². The van der Waals surface area contributed by atoms with E-state index in [-0.39, 0.29) is 6.04 Å². The molecule has 1 aromatic rings. The van der Waals surface area contributed by atoms with Crippen molar-refractivity contribution >= 4 is 15.9 Å². The van der Waals surface area contributed by atoms with Crippen LogP contribution in [-0.2, 0) is 0 Å². The van der Waals surface area contributed by atoms with E-state index < -0.39 is 0 Å². The van der Waals surface area contributed by atoms with Gasteiger partial charge in [-0.1, -0.05) is 26.7 Å². The van der Waals surface area contributed by atoms with Crippen LogP contribution in [0.15, 0.2) is 22.9 Å². The normalized spacial score (nSPS) is 18.1.